The van der Waals surface area contributed by atoms with Crippen molar-refractivity contribution in [3.05, 3.63) is 35.9 Å². The van der Waals surface area contributed by atoms with E-state index in [9.17, 15) is 29.4 Å². The van der Waals surface area contributed by atoms with Crippen molar-refractivity contribution in [1.29, 1.82) is 0 Å². The molecule has 0 radical (unpaired) electrons. The van der Waals surface area contributed by atoms with Crippen LogP contribution in [0.4, 0.5) is 0 Å². The monoisotopic (exact) mass is 468 g/mol. The van der Waals surface area contributed by atoms with E-state index < -0.39 is 54.0 Å². The average molecular weight is 469 g/mol. The quantitative estimate of drug-likeness (QED) is 0.194. The van der Waals surface area contributed by atoms with Gasteiger partial charge in [0.15, 0.2) is 0 Å². The van der Waals surface area contributed by atoms with Gasteiger partial charge in [0.2, 0.25) is 17.7 Å². The highest BCUT2D eigenvalue weighted by Gasteiger charge is 2.31. The van der Waals surface area contributed by atoms with E-state index in [1.165, 1.54) is 6.92 Å². The van der Waals surface area contributed by atoms with E-state index >= 15 is 0 Å². The highest BCUT2D eigenvalue weighted by molar-refractivity contribution is 7.80. The fourth-order valence-electron chi connectivity index (χ4n) is 2.78. The maximum Gasteiger partial charge on any atom is 0.326 e. The molecule has 10 nitrogen and oxygen atoms in total. The maximum atomic E-state index is 12.9. The second kappa shape index (κ2) is 13.0. The van der Waals surface area contributed by atoms with Crippen molar-refractivity contribution in [3.8, 4) is 0 Å². The zero-order valence-electron chi connectivity index (χ0n) is 18.3. The van der Waals surface area contributed by atoms with Crippen molar-refractivity contribution >= 4 is 36.3 Å². The Balaban J connectivity index is 3.02. The van der Waals surface area contributed by atoms with Gasteiger partial charge in [0, 0.05) is 12.2 Å². The largest absolute Gasteiger partial charge is 0.480 e. The summed E-state index contributed by atoms with van der Waals surface area (Å²) in [7, 11) is 0. The van der Waals surface area contributed by atoms with Crippen LogP contribution in [0.25, 0.3) is 0 Å². The van der Waals surface area contributed by atoms with E-state index in [0.717, 1.165) is 5.56 Å². The summed E-state index contributed by atoms with van der Waals surface area (Å²) in [5.41, 5.74) is 6.33. The van der Waals surface area contributed by atoms with Gasteiger partial charge in [-0.15, -0.1) is 0 Å². The number of carboxylic acid groups (broad SMARTS) is 1. The van der Waals surface area contributed by atoms with Gasteiger partial charge in [-0.25, -0.2) is 4.79 Å². The van der Waals surface area contributed by atoms with Gasteiger partial charge < -0.3 is 31.9 Å². The summed E-state index contributed by atoms with van der Waals surface area (Å²) in [5, 5.41) is 26.3. The molecular weight excluding hydrogens is 436 g/mol. The van der Waals surface area contributed by atoms with E-state index in [4.69, 9.17) is 5.73 Å². The lowest BCUT2D eigenvalue weighted by Gasteiger charge is -2.26. The smallest absolute Gasteiger partial charge is 0.326 e. The number of carbonyl (C=O) groups is 4. The number of benzene rings is 1. The Bertz CT molecular complexity index is 790. The van der Waals surface area contributed by atoms with Crippen LogP contribution in [0.2, 0.25) is 0 Å². The normalized spacial score (nSPS) is 15.7. The van der Waals surface area contributed by atoms with Crippen LogP contribution in [-0.4, -0.2) is 69.9 Å². The Kier molecular flexibility index (Phi) is 11.2. The lowest BCUT2D eigenvalue weighted by Crippen LogP contribution is -2.59. The second-order valence-electron chi connectivity index (χ2n) is 7.83. The second-order valence-corrected chi connectivity index (χ2v) is 8.19. The number of nitrogens with one attached hydrogen (secondary N) is 3. The van der Waals surface area contributed by atoms with Gasteiger partial charge >= 0.3 is 5.97 Å². The van der Waals surface area contributed by atoms with Gasteiger partial charge in [-0.1, -0.05) is 44.2 Å². The third-order valence-electron chi connectivity index (χ3n) is 4.78. The SMILES string of the molecule is CC(C)C(NC(=O)C(Cc1ccccc1)NC(=O)C(CS)NC(=O)C(N)C(C)O)C(=O)O. The Morgan fingerprint density at radius 3 is 1.94 bits per heavy atom. The van der Waals surface area contributed by atoms with Crippen LogP contribution in [0.1, 0.15) is 26.3 Å². The number of hydrogen-bond acceptors (Lipinski definition) is 7. The molecule has 5 atom stereocenters. The van der Waals surface area contributed by atoms with Crippen LogP contribution in [-0.2, 0) is 25.6 Å². The van der Waals surface area contributed by atoms with E-state index in [1.54, 1.807) is 44.2 Å². The molecule has 0 heterocycles. The molecule has 1 aromatic rings. The molecule has 11 heteroatoms. The van der Waals surface area contributed by atoms with E-state index in [-0.39, 0.29) is 18.1 Å². The van der Waals surface area contributed by atoms with Gasteiger partial charge in [0.05, 0.1) is 6.10 Å². The van der Waals surface area contributed by atoms with E-state index in [1.807, 2.05) is 0 Å². The van der Waals surface area contributed by atoms with Crippen molar-refractivity contribution in [2.45, 2.75) is 57.5 Å². The molecule has 0 saturated carbocycles. The van der Waals surface area contributed by atoms with Crippen molar-refractivity contribution < 1.29 is 29.4 Å². The van der Waals surface area contributed by atoms with Crippen molar-refractivity contribution in [3.63, 3.8) is 0 Å². The van der Waals surface area contributed by atoms with Crippen LogP contribution >= 0.6 is 12.6 Å². The molecule has 0 fully saturated rings. The minimum atomic E-state index is -1.24. The zero-order chi connectivity index (χ0) is 24.4. The molecular formula is C21H32N4O6S. The maximum absolute atomic E-state index is 12.9. The lowest BCUT2D eigenvalue weighted by molar-refractivity contribution is -0.143. The predicted octanol–water partition coefficient (Wildman–Crippen LogP) is -0.938. The first-order valence-corrected chi connectivity index (χ1v) is 10.8. The van der Waals surface area contributed by atoms with E-state index in [0.29, 0.717) is 0 Å². The number of carboxylic acids is 1. The fraction of sp³-hybridized carbons (Fsp3) is 0.524. The van der Waals surface area contributed by atoms with E-state index in [2.05, 4.69) is 28.6 Å². The van der Waals surface area contributed by atoms with Gasteiger partial charge in [-0.2, -0.15) is 12.6 Å². The fourth-order valence-corrected chi connectivity index (χ4v) is 3.04. The zero-order valence-corrected chi connectivity index (χ0v) is 19.2. The van der Waals surface area contributed by atoms with Crippen LogP contribution < -0.4 is 21.7 Å². The summed E-state index contributed by atoms with van der Waals surface area (Å²) in [5.74, 6) is -3.77. The lowest BCUT2D eigenvalue weighted by atomic mass is 10.0. The molecule has 0 aliphatic rings. The minimum absolute atomic E-state index is 0.0898. The van der Waals surface area contributed by atoms with Crippen LogP contribution in [0, 0.1) is 5.92 Å². The number of rotatable bonds is 12. The van der Waals surface area contributed by atoms with Crippen molar-refractivity contribution in [1.82, 2.24) is 16.0 Å². The summed E-state index contributed by atoms with van der Waals surface area (Å²) in [6, 6.07) is 4.28. The summed E-state index contributed by atoms with van der Waals surface area (Å²) < 4.78 is 0. The minimum Gasteiger partial charge on any atom is -0.480 e. The molecule has 0 saturated heterocycles. The first kappa shape index (κ1) is 27.4. The highest BCUT2D eigenvalue weighted by Crippen LogP contribution is 2.07. The molecule has 1 aromatic carbocycles. The molecule has 178 valence electrons. The molecule has 0 spiro atoms. The molecule has 3 amide bonds. The number of aliphatic carboxylic acids is 1. The topological polar surface area (TPSA) is 171 Å². The first-order chi connectivity index (χ1) is 15.0. The molecule has 0 bridgehead atoms. The molecule has 5 unspecified atom stereocenters. The molecule has 0 aliphatic heterocycles. The Morgan fingerprint density at radius 2 is 1.47 bits per heavy atom. The number of nitrogens with two attached hydrogens (primary N) is 1. The molecule has 32 heavy (non-hydrogen) atoms. The average Bonchev–Trinajstić information content (AvgIpc) is 2.74. The van der Waals surface area contributed by atoms with Gasteiger partial charge in [0.1, 0.15) is 24.2 Å². The summed E-state index contributed by atoms with van der Waals surface area (Å²) >= 11 is 4.08. The number of aliphatic hydroxyl groups is 1. The Morgan fingerprint density at radius 1 is 0.938 bits per heavy atom. The molecule has 0 aliphatic carbocycles. The number of hydrogen-bond donors (Lipinski definition) is 7. The number of amides is 3. The van der Waals surface area contributed by atoms with Gasteiger partial charge in [0.25, 0.3) is 0 Å². The highest BCUT2D eigenvalue weighted by atomic mass is 32.1. The predicted molar refractivity (Wildman–Crippen MR) is 122 cm³/mol. The molecule has 0 aromatic heterocycles. The third kappa shape index (κ3) is 8.48. The third-order valence-corrected chi connectivity index (χ3v) is 5.15. The summed E-state index contributed by atoms with van der Waals surface area (Å²) in [6.07, 6.45) is -1.03. The summed E-state index contributed by atoms with van der Waals surface area (Å²) in [6.45, 7) is 4.65. The standard InChI is InChI=1S/C21H32N4O6S/c1-11(2)17(21(30)31)25-18(27)14(9-13-7-5-4-6-8-13)23-19(28)15(10-32)24-20(29)16(22)12(3)26/h4-8,11-12,14-17,26,32H,9-10,22H2,1-3H3,(H,23,28)(H,24,29)(H,25,27)(H,30,31). The number of thiol groups is 1. The van der Waals surface area contributed by atoms with Crippen LogP contribution in [0.3, 0.4) is 0 Å². The van der Waals surface area contributed by atoms with Gasteiger partial charge in [-0.05, 0) is 18.4 Å². The van der Waals surface area contributed by atoms with Crippen molar-refractivity contribution in [2.24, 2.45) is 11.7 Å². The molecule has 1 rings (SSSR count). The Labute approximate surface area is 192 Å². The first-order valence-electron chi connectivity index (χ1n) is 10.2. The number of carbonyl (C=O) groups excluding carboxylic acids is 3. The van der Waals surface area contributed by atoms with Crippen LogP contribution in [0.15, 0.2) is 30.3 Å². The Hall–Kier alpha value is -2.63. The molecule has 7 N–H and O–H groups in total. The number of aliphatic hydroxyl groups excluding tert-OH is 1. The van der Waals surface area contributed by atoms with Crippen LogP contribution in [0.5, 0.6) is 0 Å². The summed E-state index contributed by atoms with van der Waals surface area (Å²) in [4.78, 5) is 49.3. The van der Waals surface area contributed by atoms with Gasteiger partial charge in [-0.3, -0.25) is 14.4 Å². The van der Waals surface area contributed by atoms with Crippen molar-refractivity contribution in [2.75, 3.05) is 5.75 Å².